The van der Waals surface area contributed by atoms with E-state index in [-0.39, 0.29) is 5.97 Å². The molecular weight excluding hydrogens is 206 g/mol. The van der Waals surface area contributed by atoms with Crippen molar-refractivity contribution in [3.05, 3.63) is 0 Å². The van der Waals surface area contributed by atoms with E-state index in [0.29, 0.717) is 12.5 Å². The van der Waals surface area contributed by atoms with Crippen LogP contribution in [0, 0.1) is 5.92 Å². The molecule has 1 aliphatic rings. The maximum absolute atomic E-state index is 11.1. The number of hydrogen-bond donors (Lipinski definition) is 0. The number of carbonyl (C=O) groups excluding carboxylic acids is 1. The summed E-state index contributed by atoms with van der Waals surface area (Å²) in [6.45, 7) is 4.63. The summed E-state index contributed by atoms with van der Waals surface area (Å²) in [6.07, 6.45) is 3.11. The van der Waals surface area contributed by atoms with Crippen molar-refractivity contribution in [3.8, 4) is 0 Å². The first-order valence-electron chi connectivity index (χ1n) is 5.98. The fourth-order valence-corrected chi connectivity index (χ4v) is 1.94. The Kier molecular flexibility index (Phi) is 5.77. The highest BCUT2D eigenvalue weighted by Crippen LogP contribution is 2.35. The lowest BCUT2D eigenvalue weighted by atomic mass is 10.1. The number of esters is 1. The molecule has 4 heteroatoms. The highest BCUT2D eigenvalue weighted by atomic mass is 16.5. The number of carbonyl (C=O) groups is 1. The Balaban J connectivity index is 2.33. The van der Waals surface area contributed by atoms with E-state index in [4.69, 9.17) is 4.74 Å². The maximum Gasteiger partial charge on any atom is 0.306 e. The molecule has 0 aromatic heterocycles. The molecule has 0 aromatic carbocycles. The van der Waals surface area contributed by atoms with Crippen molar-refractivity contribution < 1.29 is 14.3 Å². The first-order valence-corrected chi connectivity index (χ1v) is 5.98. The van der Waals surface area contributed by atoms with Gasteiger partial charge < -0.3 is 9.47 Å². The molecule has 0 amide bonds. The Morgan fingerprint density at radius 2 is 2.06 bits per heavy atom. The van der Waals surface area contributed by atoms with Crippen LogP contribution in [-0.2, 0) is 14.3 Å². The van der Waals surface area contributed by atoms with Gasteiger partial charge in [0.05, 0.1) is 20.1 Å². The number of hydrogen-bond acceptors (Lipinski definition) is 4. The van der Waals surface area contributed by atoms with Gasteiger partial charge in [0, 0.05) is 26.2 Å². The van der Waals surface area contributed by atoms with Crippen molar-refractivity contribution in [1.82, 2.24) is 4.90 Å². The first kappa shape index (κ1) is 13.5. The second kappa shape index (κ2) is 6.86. The maximum atomic E-state index is 11.1. The molecule has 16 heavy (non-hydrogen) atoms. The Bertz CT molecular complexity index is 216. The van der Waals surface area contributed by atoms with Crippen LogP contribution < -0.4 is 0 Å². The molecule has 0 bridgehead atoms. The van der Waals surface area contributed by atoms with Gasteiger partial charge in [-0.05, 0) is 25.7 Å². The van der Waals surface area contributed by atoms with Gasteiger partial charge in [-0.3, -0.25) is 9.69 Å². The van der Waals surface area contributed by atoms with Gasteiger partial charge in [-0.2, -0.15) is 0 Å². The third-order valence-corrected chi connectivity index (χ3v) is 3.29. The number of nitrogens with zero attached hydrogens (tertiary/aromatic N) is 1. The summed E-state index contributed by atoms with van der Waals surface area (Å²) in [4.78, 5) is 13.4. The van der Waals surface area contributed by atoms with Crippen LogP contribution in [0.15, 0.2) is 0 Å². The van der Waals surface area contributed by atoms with Gasteiger partial charge in [0.15, 0.2) is 0 Å². The predicted octanol–water partition coefficient (Wildman–Crippen LogP) is 1.30. The molecule has 0 N–H and O–H groups in total. The van der Waals surface area contributed by atoms with Crippen molar-refractivity contribution in [3.63, 3.8) is 0 Å². The van der Waals surface area contributed by atoms with E-state index in [1.165, 1.54) is 20.0 Å². The van der Waals surface area contributed by atoms with E-state index < -0.39 is 0 Å². The van der Waals surface area contributed by atoms with Crippen LogP contribution in [0.2, 0.25) is 0 Å². The summed E-state index contributed by atoms with van der Waals surface area (Å²) in [5, 5.41) is 0. The molecule has 0 aromatic rings. The quantitative estimate of drug-likeness (QED) is 0.588. The van der Waals surface area contributed by atoms with Crippen LogP contribution in [0.5, 0.6) is 0 Å². The third-order valence-electron chi connectivity index (χ3n) is 3.29. The second-order valence-electron chi connectivity index (χ2n) is 4.43. The minimum absolute atomic E-state index is 0.134. The van der Waals surface area contributed by atoms with Gasteiger partial charge in [-0.25, -0.2) is 0 Å². The van der Waals surface area contributed by atoms with Crippen LogP contribution in [0.1, 0.15) is 26.2 Å². The smallest absolute Gasteiger partial charge is 0.306 e. The van der Waals surface area contributed by atoms with Gasteiger partial charge in [-0.1, -0.05) is 0 Å². The second-order valence-corrected chi connectivity index (χ2v) is 4.43. The average molecular weight is 229 g/mol. The average Bonchev–Trinajstić information content (AvgIpc) is 3.11. The fourth-order valence-electron chi connectivity index (χ4n) is 1.94. The number of rotatable bonds is 8. The van der Waals surface area contributed by atoms with Crippen LogP contribution >= 0.6 is 0 Å². The fraction of sp³-hybridized carbons (Fsp3) is 0.917. The van der Waals surface area contributed by atoms with Gasteiger partial charge in [0.1, 0.15) is 0 Å². The zero-order valence-corrected chi connectivity index (χ0v) is 10.6. The van der Waals surface area contributed by atoms with Gasteiger partial charge in [0.2, 0.25) is 0 Å². The van der Waals surface area contributed by atoms with E-state index in [1.807, 2.05) is 0 Å². The Hall–Kier alpha value is -0.610. The SMILES string of the molecule is COCCN(CCC(=O)OC)C(C)C1CC1. The monoisotopic (exact) mass is 229 g/mol. The van der Waals surface area contributed by atoms with Crippen LogP contribution in [0.3, 0.4) is 0 Å². The Labute approximate surface area is 97.9 Å². The first-order chi connectivity index (χ1) is 7.69. The molecule has 1 unspecified atom stereocenters. The van der Waals surface area contributed by atoms with Gasteiger partial charge in [-0.15, -0.1) is 0 Å². The van der Waals surface area contributed by atoms with E-state index in [9.17, 15) is 4.79 Å². The lowest BCUT2D eigenvalue weighted by Gasteiger charge is -2.28. The third kappa shape index (κ3) is 4.49. The normalized spacial score (nSPS) is 17.5. The van der Waals surface area contributed by atoms with E-state index in [2.05, 4.69) is 16.6 Å². The zero-order chi connectivity index (χ0) is 12.0. The van der Waals surface area contributed by atoms with Gasteiger partial charge >= 0.3 is 5.97 Å². The molecule has 0 spiro atoms. The van der Waals surface area contributed by atoms with Crippen LogP contribution in [-0.4, -0.2) is 50.8 Å². The molecule has 1 aliphatic carbocycles. The molecule has 0 radical (unpaired) electrons. The van der Waals surface area contributed by atoms with Gasteiger partial charge in [0.25, 0.3) is 0 Å². The summed E-state index contributed by atoms with van der Waals surface area (Å²) in [7, 11) is 3.15. The topological polar surface area (TPSA) is 38.8 Å². The summed E-state index contributed by atoms with van der Waals surface area (Å²) in [6, 6.07) is 0.555. The summed E-state index contributed by atoms with van der Waals surface area (Å²) in [5.74, 6) is 0.680. The van der Waals surface area contributed by atoms with E-state index >= 15 is 0 Å². The molecular formula is C12H23NO3. The Morgan fingerprint density at radius 1 is 1.38 bits per heavy atom. The highest BCUT2D eigenvalue weighted by molar-refractivity contribution is 5.69. The molecule has 1 saturated carbocycles. The minimum Gasteiger partial charge on any atom is -0.469 e. The van der Waals surface area contributed by atoms with E-state index in [0.717, 1.165) is 25.6 Å². The molecule has 0 heterocycles. The van der Waals surface area contributed by atoms with E-state index in [1.54, 1.807) is 7.11 Å². The highest BCUT2D eigenvalue weighted by Gasteiger charge is 2.31. The minimum atomic E-state index is -0.134. The molecule has 1 fully saturated rings. The van der Waals surface area contributed by atoms with Crippen LogP contribution in [0.4, 0.5) is 0 Å². The molecule has 0 aliphatic heterocycles. The summed E-state index contributed by atoms with van der Waals surface area (Å²) < 4.78 is 9.76. The largest absolute Gasteiger partial charge is 0.469 e. The van der Waals surface area contributed by atoms with Crippen molar-refractivity contribution in [2.24, 2.45) is 5.92 Å². The lowest BCUT2D eigenvalue weighted by molar-refractivity contribution is -0.141. The Morgan fingerprint density at radius 3 is 2.56 bits per heavy atom. The number of ether oxygens (including phenoxy) is 2. The number of methoxy groups -OCH3 is 2. The summed E-state index contributed by atoms with van der Waals surface area (Å²) in [5.41, 5.74) is 0. The lowest BCUT2D eigenvalue weighted by Crippen LogP contribution is -2.38. The predicted molar refractivity (Wildman–Crippen MR) is 62.3 cm³/mol. The van der Waals surface area contributed by atoms with Crippen molar-refractivity contribution in [1.29, 1.82) is 0 Å². The molecule has 1 rings (SSSR count). The molecule has 94 valence electrons. The molecule has 1 atom stereocenters. The summed E-state index contributed by atoms with van der Waals surface area (Å²) >= 11 is 0. The van der Waals surface area contributed by atoms with Crippen molar-refractivity contribution >= 4 is 5.97 Å². The molecule has 0 saturated heterocycles. The molecule has 4 nitrogen and oxygen atoms in total. The van der Waals surface area contributed by atoms with Crippen molar-refractivity contribution in [2.45, 2.75) is 32.2 Å². The van der Waals surface area contributed by atoms with Crippen LogP contribution in [0.25, 0.3) is 0 Å². The standard InChI is InChI=1S/C12H23NO3/c1-10(11-4-5-11)13(8-9-15-2)7-6-12(14)16-3/h10-11H,4-9H2,1-3H3. The zero-order valence-electron chi connectivity index (χ0n) is 10.6. The van der Waals surface area contributed by atoms with Crippen molar-refractivity contribution in [2.75, 3.05) is 33.9 Å².